The Morgan fingerprint density at radius 1 is 1.00 bits per heavy atom. The molecule has 1 fully saturated rings. The number of carbonyl (C=O) groups is 3. The molecule has 1 atom stereocenters. The van der Waals surface area contributed by atoms with Crippen molar-refractivity contribution in [1.29, 1.82) is 0 Å². The van der Waals surface area contributed by atoms with Crippen LogP contribution in [0.15, 0.2) is 67.0 Å². The van der Waals surface area contributed by atoms with Gasteiger partial charge in [0, 0.05) is 6.42 Å². The Labute approximate surface area is 197 Å². The molecule has 1 aromatic heterocycles. The number of nitrogens with one attached hydrogen (secondary N) is 2. The van der Waals surface area contributed by atoms with E-state index in [2.05, 4.69) is 20.6 Å². The molecule has 4 N–H and O–H groups in total. The molecule has 0 saturated carbocycles. The summed E-state index contributed by atoms with van der Waals surface area (Å²) in [5, 5.41) is 4.87. The monoisotopic (exact) mass is 462 g/mol. The largest absolute Gasteiger partial charge is 0.459 e. The van der Waals surface area contributed by atoms with Gasteiger partial charge in [0.05, 0.1) is 32.5 Å². The predicted molar refractivity (Wildman–Crippen MR) is 124 cm³/mol. The van der Waals surface area contributed by atoms with Crippen LogP contribution in [-0.4, -0.2) is 64.9 Å². The zero-order valence-corrected chi connectivity index (χ0v) is 18.8. The molecule has 2 amide bonds. The minimum atomic E-state index is -0.942. The van der Waals surface area contributed by atoms with Crippen LogP contribution in [0.4, 0.5) is 0 Å². The number of nitrogens with zero attached hydrogens (tertiary/aromatic N) is 2. The molecule has 176 valence electrons. The maximum atomic E-state index is 13.1. The van der Waals surface area contributed by atoms with E-state index in [-0.39, 0.29) is 30.3 Å². The minimum absolute atomic E-state index is 0.0338. The van der Waals surface area contributed by atoms with Crippen LogP contribution in [0.5, 0.6) is 0 Å². The SMILES string of the molecule is O=C(N[C@@H](Cc1ccccc1)C(=O)OCc1ccccc1)c1nc[nH]c1C(=O)N1CC[NH2+]CC1. The van der Waals surface area contributed by atoms with E-state index in [9.17, 15) is 14.4 Å². The molecule has 2 heterocycles. The first kappa shape index (κ1) is 23.2. The van der Waals surface area contributed by atoms with Crippen molar-refractivity contribution in [3.63, 3.8) is 0 Å². The number of piperazine rings is 1. The lowest BCUT2D eigenvalue weighted by molar-refractivity contribution is -0.661. The topological polar surface area (TPSA) is 121 Å². The lowest BCUT2D eigenvalue weighted by atomic mass is 10.1. The molecule has 0 radical (unpaired) electrons. The fraction of sp³-hybridized carbons (Fsp3) is 0.280. The summed E-state index contributed by atoms with van der Waals surface area (Å²) in [6.07, 6.45) is 1.56. The van der Waals surface area contributed by atoms with Crippen molar-refractivity contribution in [1.82, 2.24) is 20.2 Å². The zero-order chi connectivity index (χ0) is 23.8. The van der Waals surface area contributed by atoms with E-state index in [1.807, 2.05) is 60.7 Å². The van der Waals surface area contributed by atoms with E-state index in [4.69, 9.17) is 4.74 Å². The summed E-state index contributed by atoms with van der Waals surface area (Å²) in [6, 6.07) is 17.7. The normalized spacial score (nSPS) is 14.3. The number of hydrogen-bond acceptors (Lipinski definition) is 5. The fourth-order valence-electron chi connectivity index (χ4n) is 3.84. The number of ether oxygens (including phenoxy) is 1. The first-order chi connectivity index (χ1) is 16.6. The number of aromatic nitrogens is 2. The number of amides is 2. The smallest absolute Gasteiger partial charge is 0.329 e. The Hall–Kier alpha value is -3.98. The molecule has 0 bridgehead atoms. The zero-order valence-electron chi connectivity index (χ0n) is 18.8. The predicted octanol–water partition coefficient (Wildman–Crippen LogP) is 0.513. The summed E-state index contributed by atoms with van der Waals surface area (Å²) >= 11 is 0. The second-order valence-corrected chi connectivity index (χ2v) is 8.09. The maximum absolute atomic E-state index is 13.1. The van der Waals surface area contributed by atoms with Crippen LogP contribution in [0.3, 0.4) is 0 Å². The van der Waals surface area contributed by atoms with Gasteiger partial charge in [0.1, 0.15) is 18.3 Å². The number of rotatable bonds is 8. The van der Waals surface area contributed by atoms with E-state index in [0.717, 1.165) is 24.2 Å². The Kier molecular flexibility index (Phi) is 7.67. The number of nitrogens with two attached hydrogens (primary N) is 1. The summed E-state index contributed by atoms with van der Waals surface area (Å²) < 4.78 is 5.49. The van der Waals surface area contributed by atoms with E-state index >= 15 is 0 Å². The van der Waals surface area contributed by atoms with Gasteiger partial charge >= 0.3 is 5.97 Å². The second-order valence-electron chi connectivity index (χ2n) is 8.09. The molecule has 2 aromatic carbocycles. The molecule has 3 aromatic rings. The minimum Gasteiger partial charge on any atom is -0.459 e. The third-order valence-corrected chi connectivity index (χ3v) is 5.66. The number of esters is 1. The Morgan fingerprint density at radius 3 is 2.32 bits per heavy atom. The third kappa shape index (κ3) is 5.87. The Bertz CT molecular complexity index is 1110. The van der Waals surface area contributed by atoms with Crippen molar-refractivity contribution in [3.8, 4) is 0 Å². The lowest BCUT2D eigenvalue weighted by Crippen LogP contribution is -2.89. The molecule has 1 aliphatic heterocycles. The fourth-order valence-corrected chi connectivity index (χ4v) is 3.84. The van der Waals surface area contributed by atoms with Gasteiger partial charge in [-0.3, -0.25) is 9.59 Å². The number of quaternary nitrogens is 1. The van der Waals surface area contributed by atoms with Crippen molar-refractivity contribution in [2.24, 2.45) is 0 Å². The van der Waals surface area contributed by atoms with E-state index < -0.39 is 17.9 Å². The molecule has 4 rings (SSSR count). The number of aromatic amines is 1. The Morgan fingerprint density at radius 2 is 1.65 bits per heavy atom. The number of carbonyl (C=O) groups excluding carboxylic acids is 3. The maximum Gasteiger partial charge on any atom is 0.329 e. The molecule has 34 heavy (non-hydrogen) atoms. The molecule has 0 spiro atoms. The van der Waals surface area contributed by atoms with Crippen molar-refractivity contribution < 1.29 is 24.4 Å². The van der Waals surface area contributed by atoms with Gasteiger partial charge < -0.3 is 25.3 Å². The molecular weight excluding hydrogens is 434 g/mol. The summed E-state index contributed by atoms with van der Waals surface area (Å²) in [4.78, 5) is 47.5. The summed E-state index contributed by atoms with van der Waals surface area (Å²) in [6.45, 7) is 2.92. The van der Waals surface area contributed by atoms with Gasteiger partial charge in [0.25, 0.3) is 11.8 Å². The number of H-pyrrole nitrogens is 1. The number of imidazole rings is 1. The van der Waals surface area contributed by atoms with E-state index in [1.165, 1.54) is 6.33 Å². The Balaban J connectivity index is 1.48. The van der Waals surface area contributed by atoms with Crippen LogP contribution < -0.4 is 10.6 Å². The first-order valence-corrected chi connectivity index (χ1v) is 11.3. The highest BCUT2D eigenvalue weighted by atomic mass is 16.5. The van der Waals surface area contributed by atoms with Crippen molar-refractivity contribution >= 4 is 17.8 Å². The van der Waals surface area contributed by atoms with E-state index in [0.29, 0.717) is 13.1 Å². The summed E-state index contributed by atoms with van der Waals surface area (Å²) in [5.74, 6) is -1.44. The van der Waals surface area contributed by atoms with Crippen LogP contribution in [0.25, 0.3) is 0 Å². The summed E-state index contributed by atoms with van der Waals surface area (Å²) in [7, 11) is 0. The molecular formula is C25H28N5O4+. The molecule has 9 nitrogen and oxygen atoms in total. The molecule has 9 heteroatoms. The van der Waals surface area contributed by atoms with Gasteiger partial charge in [-0.2, -0.15) is 0 Å². The van der Waals surface area contributed by atoms with Crippen molar-refractivity contribution in [3.05, 3.63) is 89.5 Å². The average molecular weight is 463 g/mol. The van der Waals surface area contributed by atoms with Crippen LogP contribution in [0.1, 0.15) is 32.1 Å². The molecule has 1 saturated heterocycles. The number of benzene rings is 2. The molecule has 0 unspecified atom stereocenters. The van der Waals surface area contributed by atoms with Gasteiger partial charge in [-0.25, -0.2) is 9.78 Å². The standard InChI is InChI=1S/C25H27N5O4/c31-23(21-22(28-17-27-21)24(32)30-13-11-26-12-14-30)29-20(15-18-7-3-1-4-8-18)25(33)34-16-19-9-5-2-6-10-19/h1-10,17,20,26H,11-16H2,(H,27,28)(H,29,31)/p+1/t20-/m0/s1. The van der Waals surface area contributed by atoms with Crippen LogP contribution in [-0.2, 0) is 22.6 Å². The van der Waals surface area contributed by atoms with Crippen molar-refractivity contribution in [2.75, 3.05) is 26.2 Å². The van der Waals surface area contributed by atoms with Crippen LogP contribution >= 0.6 is 0 Å². The second kappa shape index (κ2) is 11.2. The highest BCUT2D eigenvalue weighted by Crippen LogP contribution is 2.11. The van der Waals surface area contributed by atoms with Gasteiger partial charge in [-0.1, -0.05) is 60.7 Å². The van der Waals surface area contributed by atoms with Gasteiger partial charge in [-0.15, -0.1) is 0 Å². The first-order valence-electron chi connectivity index (χ1n) is 11.3. The van der Waals surface area contributed by atoms with Gasteiger partial charge in [0.15, 0.2) is 5.69 Å². The number of hydrogen-bond donors (Lipinski definition) is 3. The molecule has 0 aliphatic carbocycles. The summed E-state index contributed by atoms with van der Waals surface area (Å²) in [5.41, 5.74) is 1.80. The average Bonchev–Trinajstić information content (AvgIpc) is 3.38. The highest BCUT2D eigenvalue weighted by molar-refractivity contribution is 6.05. The van der Waals surface area contributed by atoms with Gasteiger partial charge in [0.2, 0.25) is 0 Å². The van der Waals surface area contributed by atoms with Crippen LogP contribution in [0.2, 0.25) is 0 Å². The lowest BCUT2D eigenvalue weighted by Gasteiger charge is -2.25. The van der Waals surface area contributed by atoms with Crippen LogP contribution in [0, 0.1) is 0 Å². The molecule has 1 aliphatic rings. The third-order valence-electron chi connectivity index (χ3n) is 5.66. The van der Waals surface area contributed by atoms with Gasteiger partial charge in [-0.05, 0) is 11.1 Å². The van der Waals surface area contributed by atoms with Crippen molar-refractivity contribution in [2.45, 2.75) is 19.1 Å². The highest BCUT2D eigenvalue weighted by Gasteiger charge is 2.30. The van der Waals surface area contributed by atoms with E-state index in [1.54, 1.807) is 4.90 Å². The quantitative estimate of drug-likeness (QED) is 0.422.